The van der Waals surface area contributed by atoms with E-state index in [0.29, 0.717) is 33.0 Å². The minimum atomic E-state index is -0.451. The topological polar surface area (TPSA) is 95.3 Å². The number of thiophene rings is 1. The lowest BCUT2D eigenvalue weighted by Gasteiger charge is -2.09. The molecular formula is C22H25ClN4O4S2. The number of thioether (sulfide) groups is 1. The Kier molecular flexibility index (Phi) is 8.39. The van der Waals surface area contributed by atoms with Crippen LogP contribution in [0, 0.1) is 13.8 Å². The molecule has 0 saturated carbocycles. The molecule has 0 unspecified atom stereocenters. The average Bonchev–Trinajstić information content (AvgIpc) is 3.29. The number of rotatable bonds is 9. The van der Waals surface area contributed by atoms with Crippen LogP contribution in [-0.4, -0.2) is 39.5 Å². The fourth-order valence-electron chi connectivity index (χ4n) is 3.22. The first kappa shape index (κ1) is 25.1. The first-order valence-corrected chi connectivity index (χ1v) is 12.3. The van der Waals surface area contributed by atoms with E-state index in [-0.39, 0.29) is 18.3 Å². The molecule has 0 aliphatic rings. The maximum atomic E-state index is 12.6. The number of hydrogen-bond donors (Lipinski definition) is 1. The molecule has 0 fully saturated rings. The minimum absolute atomic E-state index is 0.113. The molecule has 1 aromatic carbocycles. The number of esters is 1. The minimum Gasteiger partial charge on any atom is -0.485 e. The van der Waals surface area contributed by atoms with E-state index in [1.165, 1.54) is 30.2 Å². The van der Waals surface area contributed by atoms with E-state index in [2.05, 4.69) is 15.5 Å². The molecule has 33 heavy (non-hydrogen) atoms. The van der Waals surface area contributed by atoms with Crippen molar-refractivity contribution >= 4 is 51.6 Å². The normalized spacial score (nSPS) is 10.8. The molecule has 0 aliphatic heterocycles. The van der Waals surface area contributed by atoms with E-state index in [0.717, 1.165) is 21.8 Å². The number of benzene rings is 1. The quantitative estimate of drug-likeness (QED) is 0.327. The van der Waals surface area contributed by atoms with E-state index < -0.39 is 5.97 Å². The Bertz CT molecular complexity index is 1180. The Morgan fingerprint density at radius 2 is 2.03 bits per heavy atom. The zero-order chi connectivity index (χ0) is 24.1. The summed E-state index contributed by atoms with van der Waals surface area (Å²) in [5.74, 6) is 0.763. The van der Waals surface area contributed by atoms with Crippen molar-refractivity contribution in [3.8, 4) is 5.75 Å². The van der Waals surface area contributed by atoms with Gasteiger partial charge >= 0.3 is 5.97 Å². The van der Waals surface area contributed by atoms with Crippen LogP contribution in [0.1, 0.15) is 39.1 Å². The van der Waals surface area contributed by atoms with Crippen LogP contribution in [0.25, 0.3) is 0 Å². The highest BCUT2D eigenvalue weighted by molar-refractivity contribution is 7.99. The summed E-state index contributed by atoms with van der Waals surface area (Å²) in [6, 6.07) is 5.41. The van der Waals surface area contributed by atoms with Gasteiger partial charge in [-0.3, -0.25) is 4.79 Å². The molecule has 176 valence electrons. The smallest absolute Gasteiger partial charge is 0.341 e. The zero-order valence-electron chi connectivity index (χ0n) is 19.0. The van der Waals surface area contributed by atoms with Crippen molar-refractivity contribution in [2.75, 3.05) is 18.2 Å². The second-order valence-electron chi connectivity index (χ2n) is 7.18. The summed E-state index contributed by atoms with van der Waals surface area (Å²) < 4.78 is 12.5. The number of ether oxygens (including phenoxy) is 2. The van der Waals surface area contributed by atoms with Crippen molar-refractivity contribution in [3.63, 3.8) is 0 Å². The summed E-state index contributed by atoms with van der Waals surface area (Å²) in [7, 11) is 3.15. The molecule has 0 spiro atoms. The molecule has 0 radical (unpaired) electrons. The van der Waals surface area contributed by atoms with E-state index in [1.807, 2.05) is 40.0 Å². The number of hydrogen-bond acceptors (Lipinski definition) is 8. The average molecular weight is 509 g/mol. The molecule has 1 N–H and O–H groups in total. The Morgan fingerprint density at radius 1 is 1.27 bits per heavy atom. The summed E-state index contributed by atoms with van der Waals surface area (Å²) >= 11 is 8.61. The van der Waals surface area contributed by atoms with E-state index >= 15 is 0 Å². The maximum absolute atomic E-state index is 12.6. The van der Waals surface area contributed by atoms with Gasteiger partial charge in [0.15, 0.2) is 11.0 Å². The number of nitrogens with one attached hydrogen (secondary N) is 1. The molecule has 0 aliphatic carbocycles. The highest BCUT2D eigenvalue weighted by Crippen LogP contribution is 2.34. The highest BCUT2D eigenvalue weighted by atomic mass is 35.5. The van der Waals surface area contributed by atoms with Gasteiger partial charge in [0.1, 0.15) is 17.4 Å². The fourth-order valence-corrected chi connectivity index (χ4v) is 5.32. The zero-order valence-corrected chi connectivity index (χ0v) is 21.4. The second kappa shape index (κ2) is 11.0. The van der Waals surface area contributed by atoms with Gasteiger partial charge in [-0.1, -0.05) is 30.3 Å². The number of anilines is 1. The molecule has 0 saturated heterocycles. The Morgan fingerprint density at radius 3 is 2.70 bits per heavy atom. The van der Waals surface area contributed by atoms with E-state index in [9.17, 15) is 9.59 Å². The SMILES string of the molecule is CCc1c(C)sc(NC(=O)CSc2nnc(COc3ccc(Cl)cc3C)n2C)c1C(=O)OC. The lowest BCUT2D eigenvalue weighted by molar-refractivity contribution is -0.113. The van der Waals surface area contributed by atoms with Crippen LogP contribution in [0.2, 0.25) is 5.02 Å². The lowest BCUT2D eigenvalue weighted by atomic mass is 10.1. The third-order valence-corrected chi connectivity index (χ3v) is 7.27. The Labute approximate surface area is 205 Å². The van der Waals surface area contributed by atoms with Gasteiger partial charge in [0.05, 0.1) is 18.4 Å². The first-order chi connectivity index (χ1) is 15.7. The van der Waals surface area contributed by atoms with Crippen LogP contribution in [-0.2, 0) is 29.6 Å². The van der Waals surface area contributed by atoms with Gasteiger partial charge in [-0.15, -0.1) is 21.5 Å². The molecule has 2 aromatic heterocycles. The van der Waals surface area contributed by atoms with E-state index in [4.69, 9.17) is 21.1 Å². The van der Waals surface area contributed by atoms with Crippen molar-refractivity contribution in [1.29, 1.82) is 0 Å². The van der Waals surface area contributed by atoms with Gasteiger partial charge < -0.3 is 19.4 Å². The molecule has 3 aromatic rings. The molecule has 8 nitrogen and oxygen atoms in total. The number of aryl methyl sites for hydroxylation is 2. The number of carbonyl (C=O) groups excluding carboxylic acids is 2. The van der Waals surface area contributed by atoms with Crippen LogP contribution in [0.5, 0.6) is 5.75 Å². The molecular weight excluding hydrogens is 484 g/mol. The Hall–Kier alpha value is -2.56. The van der Waals surface area contributed by atoms with Crippen molar-refractivity contribution in [3.05, 3.63) is 50.6 Å². The van der Waals surface area contributed by atoms with Crippen molar-refractivity contribution in [2.24, 2.45) is 7.05 Å². The monoisotopic (exact) mass is 508 g/mol. The highest BCUT2D eigenvalue weighted by Gasteiger charge is 2.23. The van der Waals surface area contributed by atoms with Gasteiger partial charge in [0, 0.05) is 16.9 Å². The second-order valence-corrected chi connectivity index (χ2v) is 9.78. The largest absolute Gasteiger partial charge is 0.485 e. The van der Waals surface area contributed by atoms with Crippen molar-refractivity contribution in [1.82, 2.24) is 14.8 Å². The van der Waals surface area contributed by atoms with Gasteiger partial charge in [-0.2, -0.15) is 0 Å². The molecule has 1 amide bonds. The summed E-state index contributed by atoms with van der Waals surface area (Å²) in [6.07, 6.45) is 0.677. The fraction of sp³-hybridized carbons (Fsp3) is 0.364. The van der Waals surface area contributed by atoms with E-state index in [1.54, 1.807) is 10.6 Å². The predicted octanol–water partition coefficient (Wildman–Crippen LogP) is 4.81. The summed E-state index contributed by atoms with van der Waals surface area (Å²) in [5.41, 5.74) is 2.25. The van der Waals surface area contributed by atoms with Gasteiger partial charge in [0.2, 0.25) is 5.91 Å². The molecule has 2 heterocycles. The summed E-state index contributed by atoms with van der Waals surface area (Å²) in [4.78, 5) is 25.8. The number of halogens is 1. The standard InChI is InChI=1S/C22H25ClN4O4S2/c1-6-15-13(3)33-20(19(15)21(29)30-5)24-18(28)11-32-22-26-25-17(27(22)4)10-31-16-8-7-14(23)9-12(16)2/h7-9H,6,10-11H2,1-5H3,(H,24,28). The number of aromatic nitrogens is 3. The number of carbonyl (C=O) groups is 2. The maximum Gasteiger partial charge on any atom is 0.341 e. The van der Waals surface area contributed by atoms with Crippen molar-refractivity contribution < 1.29 is 19.1 Å². The van der Waals surface area contributed by atoms with Gasteiger partial charge in [-0.25, -0.2) is 4.79 Å². The van der Waals surface area contributed by atoms with Crippen LogP contribution in [0.4, 0.5) is 5.00 Å². The molecule has 0 atom stereocenters. The molecule has 0 bridgehead atoms. The molecule has 11 heteroatoms. The summed E-state index contributed by atoms with van der Waals surface area (Å²) in [6.45, 7) is 6.04. The third-order valence-electron chi connectivity index (χ3n) is 4.96. The van der Waals surface area contributed by atoms with Crippen LogP contribution in [0.3, 0.4) is 0 Å². The third kappa shape index (κ3) is 5.87. The lowest BCUT2D eigenvalue weighted by Crippen LogP contribution is -2.16. The predicted molar refractivity (Wildman–Crippen MR) is 131 cm³/mol. The number of methoxy groups -OCH3 is 1. The van der Waals surface area contributed by atoms with Crippen LogP contribution >= 0.6 is 34.7 Å². The number of amides is 1. The van der Waals surface area contributed by atoms with Crippen LogP contribution in [0.15, 0.2) is 23.4 Å². The first-order valence-electron chi connectivity index (χ1n) is 10.2. The summed E-state index contributed by atoms with van der Waals surface area (Å²) in [5, 5.41) is 12.9. The van der Waals surface area contributed by atoms with Gasteiger partial charge in [-0.05, 0) is 49.6 Å². The molecule has 3 rings (SSSR count). The van der Waals surface area contributed by atoms with Crippen LogP contribution < -0.4 is 10.1 Å². The van der Waals surface area contributed by atoms with Gasteiger partial charge in [0.25, 0.3) is 0 Å². The van der Waals surface area contributed by atoms with Crippen molar-refractivity contribution in [2.45, 2.75) is 39.0 Å². The number of nitrogens with zero attached hydrogens (tertiary/aromatic N) is 3. The Balaban J connectivity index is 1.61.